The van der Waals surface area contributed by atoms with Crippen LogP contribution in [0.5, 0.6) is 17.5 Å². The van der Waals surface area contributed by atoms with Gasteiger partial charge in [-0.3, -0.25) is 14.6 Å². The number of phenols is 1. The number of carbonyl (C=O) groups excluding carboxylic acids is 2. The number of ether oxygens (including phenoxy) is 2. The van der Waals surface area contributed by atoms with Crippen LogP contribution in [-0.4, -0.2) is 81.7 Å². The molecule has 2 aromatic carbocycles. The average molecular weight is 643 g/mol. The van der Waals surface area contributed by atoms with Gasteiger partial charge in [0.2, 0.25) is 5.91 Å². The Bertz CT molecular complexity index is 1800. The lowest BCUT2D eigenvalue weighted by atomic mass is 9.95. The molecule has 2 N–H and O–H groups in total. The average Bonchev–Trinajstić information content (AvgIpc) is 3.68. The van der Waals surface area contributed by atoms with Gasteiger partial charge in [0, 0.05) is 25.0 Å². The Labute approximate surface area is 273 Å². The lowest BCUT2D eigenvalue weighted by Gasteiger charge is -2.39. The van der Waals surface area contributed by atoms with Crippen LogP contribution in [0.2, 0.25) is 0 Å². The van der Waals surface area contributed by atoms with Crippen LogP contribution in [0.3, 0.4) is 0 Å². The molecule has 1 aromatic heterocycles. The molecule has 1 atom stereocenters. The van der Waals surface area contributed by atoms with Gasteiger partial charge in [0.1, 0.15) is 23.9 Å². The number of aromatic nitrogens is 2. The topological polar surface area (TPSA) is 120 Å². The molecule has 0 radical (unpaired) electrons. The first kappa shape index (κ1) is 32.1. The Morgan fingerprint density at radius 2 is 2.04 bits per heavy atom. The number of hydrogen-bond donors (Lipinski definition) is 2. The fourth-order valence-corrected chi connectivity index (χ4v) is 7.01. The van der Waals surface area contributed by atoms with Crippen molar-refractivity contribution in [2.45, 2.75) is 63.1 Å². The van der Waals surface area contributed by atoms with Gasteiger partial charge < -0.3 is 24.8 Å². The number of nitrogens with one attached hydrogen (secondary N) is 1. The van der Waals surface area contributed by atoms with Gasteiger partial charge in [0.05, 0.1) is 28.9 Å². The predicted molar refractivity (Wildman–Crippen MR) is 176 cm³/mol. The molecular formula is C35H39FN6O5. The lowest BCUT2D eigenvalue weighted by molar-refractivity contribution is -0.129. The minimum absolute atomic E-state index is 0.0425. The Morgan fingerprint density at radius 1 is 1.28 bits per heavy atom. The van der Waals surface area contributed by atoms with Gasteiger partial charge in [-0.1, -0.05) is 31.4 Å². The molecule has 246 valence electrons. The van der Waals surface area contributed by atoms with Gasteiger partial charge in [-0.05, 0) is 69.8 Å². The number of rotatable bonds is 9. The monoisotopic (exact) mass is 642 g/mol. The summed E-state index contributed by atoms with van der Waals surface area (Å²) in [6, 6.07) is 5.60. The van der Waals surface area contributed by atoms with Gasteiger partial charge in [-0.2, -0.15) is 9.97 Å². The molecule has 0 spiro atoms. The first-order valence-electron chi connectivity index (χ1n) is 15.8. The van der Waals surface area contributed by atoms with Crippen molar-refractivity contribution in [3.63, 3.8) is 0 Å². The van der Waals surface area contributed by atoms with Crippen molar-refractivity contribution in [1.29, 1.82) is 0 Å². The van der Waals surface area contributed by atoms with Crippen LogP contribution >= 0.6 is 0 Å². The number of halogens is 1. The third kappa shape index (κ3) is 5.80. The number of benzene rings is 2. The first-order valence-corrected chi connectivity index (χ1v) is 15.8. The van der Waals surface area contributed by atoms with Crippen molar-refractivity contribution in [2.24, 2.45) is 0 Å². The zero-order valence-electron chi connectivity index (χ0n) is 26.9. The van der Waals surface area contributed by atoms with Gasteiger partial charge in [0.15, 0.2) is 11.6 Å². The summed E-state index contributed by atoms with van der Waals surface area (Å²) < 4.78 is 26.9. The molecule has 1 saturated heterocycles. The molecule has 2 aliphatic heterocycles. The Kier molecular flexibility index (Phi) is 8.44. The van der Waals surface area contributed by atoms with E-state index in [9.17, 15) is 19.1 Å². The summed E-state index contributed by atoms with van der Waals surface area (Å²) in [7, 11) is 3.83. The highest BCUT2D eigenvalue weighted by Gasteiger charge is 2.41. The molecule has 2 amide bonds. The fraction of sp³-hybridized carbons (Fsp3) is 0.429. The van der Waals surface area contributed by atoms with Crippen molar-refractivity contribution in [1.82, 2.24) is 19.8 Å². The number of carbonyl (C=O) groups is 2. The second kappa shape index (κ2) is 12.4. The molecule has 0 bridgehead atoms. The molecule has 3 aliphatic rings. The number of terminal acetylenes is 1. The fourth-order valence-electron chi connectivity index (χ4n) is 7.01. The zero-order chi connectivity index (χ0) is 33.5. The maximum absolute atomic E-state index is 14.8. The molecule has 47 heavy (non-hydrogen) atoms. The number of likely N-dealkylation sites (tertiary alicyclic amines) is 1. The highest BCUT2D eigenvalue weighted by Crippen LogP contribution is 2.42. The smallest absolute Gasteiger partial charge is 0.420 e. The van der Waals surface area contributed by atoms with Crippen LogP contribution in [0.25, 0.3) is 10.8 Å². The van der Waals surface area contributed by atoms with Gasteiger partial charge in [-0.15, -0.1) is 6.42 Å². The van der Waals surface area contributed by atoms with Crippen molar-refractivity contribution in [3.05, 3.63) is 54.0 Å². The number of nitrogens with zero attached hydrogens (tertiary/aromatic N) is 5. The van der Waals surface area contributed by atoms with Crippen LogP contribution in [0.1, 0.15) is 56.7 Å². The second-order valence-electron chi connectivity index (χ2n) is 12.9. The number of fused-ring (bicyclic) bond motifs is 2. The normalized spacial score (nSPS) is 20.4. The highest BCUT2D eigenvalue weighted by atomic mass is 19.1. The van der Waals surface area contributed by atoms with E-state index in [1.807, 2.05) is 0 Å². The summed E-state index contributed by atoms with van der Waals surface area (Å²) in [4.78, 5) is 40.9. The maximum Gasteiger partial charge on any atom is 0.420 e. The number of hydrogen-bond acceptors (Lipinski definition) is 9. The number of aromatic hydroxyl groups is 1. The van der Waals surface area contributed by atoms with E-state index >= 15 is 0 Å². The van der Waals surface area contributed by atoms with Gasteiger partial charge in [-0.25, -0.2) is 9.18 Å². The van der Waals surface area contributed by atoms with E-state index in [0.29, 0.717) is 24.2 Å². The van der Waals surface area contributed by atoms with E-state index < -0.39 is 17.4 Å². The molecule has 11 nitrogen and oxygen atoms in total. The SMILES string of the molecule is C#Cc1c(F)ccc2cc(O)cc(N3Cc4nc(OCC5(C)CCCN5C)nc(NCC5(N(C)C(=O)C=C)CCCC5)c4OC3=O)c12. The molecule has 6 rings (SSSR count). The van der Waals surface area contributed by atoms with E-state index in [2.05, 4.69) is 46.7 Å². The minimum atomic E-state index is -0.786. The molecule has 1 unspecified atom stereocenters. The van der Waals surface area contributed by atoms with Crippen LogP contribution < -0.4 is 19.7 Å². The summed E-state index contributed by atoms with van der Waals surface area (Å²) in [5.41, 5.74) is -0.227. The molecule has 12 heteroatoms. The van der Waals surface area contributed by atoms with E-state index in [1.165, 1.54) is 35.2 Å². The Hall–Kier alpha value is -4.89. The summed E-state index contributed by atoms with van der Waals surface area (Å²) in [5, 5.41) is 14.6. The van der Waals surface area contributed by atoms with Crippen molar-refractivity contribution < 1.29 is 28.6 Å². The third-order valence-electron chi connectivity index (χ3n) is 10.1. The van der Waals surface area contributed by atoms with Crippen molar-refractivity contribution in [3.8, 4) is 29.9 Å². The standard InChI is InChI=1S/C35H39FN6O5/c1-6-24-25(36)12-11-22-17-23(43)18-27(29(22)24)42-19-26-30(47-33(42)45)31(37-20-35(14-8-9-15-35)41(5)28(44)7-2)39-32(38-26)46-21-34(3)13-10-16-40(34)4/h1,7,11-12,17-18,43H,2,8-10,13-16,19-21H2,3-5H3,(H,37,38,39). The van der Waals surface area contributed by atoms with Crippen LogP contribution in [-0.2, 0) is 11.3 Å². The zero-order valence-corrected chi connectivity index (χ0v) is 26.9. The first-order chi connectivity index (χ1) is 22.5. The minimum Gasteiger partial charge on any atom is -0.508 e. The summed E-state index contributed by atoms with van der Waals surface area (Å²) in [6.45, 7) is 7.33. The van der Waals surface area contributed by atoms with Crippen LogP contribution in [0, 0.1) is 18.2 Å². The van der Waals surface area contributed by atoms with Crippen LogP contribution in [0.15, 0.2) is 36.9 Å². The van der Waals surface area contributed by atoms with Crippen molar-refractivity contribution >= 4 is 34.3 Å². The van der Waals surface area contributed by atoms with Crippen molar-refractivity contribution in [2.75, 3.05) is 44.0 Å². The van der Waals surface area contributed by atoms with E-state index in [0.717, 1.165) is 45.1 Å². The number of likely N-dealkylation sites (N-methyl/N-ethyl adjacent to an activating group) is 2. The molecule has 2 fully saturated rings. The Morgan fingerprint density at radius 3 is 2.72 bits per heavy atom. The summed E-state index contributed by atoms with van der Waals surface area (Å²) in [5.74, 6) is 1.81. The second-order valence-corrected chi connectivity index (χ2v) is 12.9. The largest absolute Gasteiger partial charge is 0.508 e. The number of anilines is 2. The Balaban J connectivity index is 1.39. The third-order valence-corrected chi connectivity index (χ3v) is 10.1. The van der Waals surface area contributed by atoms with E-state index in [1.54, 1.807) is 11.9 Å². The number of amides is 2. The molecule has 1 saturated carbocycles. The lowest BCUT2D eigenvalue weighted by Crippen LogP contribution is -2.51. The summed E-state index contributed by atoms with van der Waals surface area (Å²) >= 11 is 0. The highest BCUT2D eigenvalue weighted by molar-refractivity contribution is 6.06. The molecular weight excluding hydrogens is 603 g/mol. The quantitative estimate of drug-likeness (QED) is 0.240. The van der Waals surface area contributed by atoms with Gasteiger partial charge >= 0.3 is 12.1 Å². The number of phenolic OH excluding ortho intramolecular Hbond substituents is 1. The van der Waals surface area contributed by atoms with Crippen LogP contribution in [0.4, 0.5) is 20.7 Å². The maximum atomic E-state index is 14.8. The van der Waals surface area contributed by atoms with E-state index in [4.69, 9.17) is 15.9 Å². The van der Waals surface area contributed by atoms with Gasteiger partial charge in [0.25, 0.3) is 0 Å². The predicted octanol–water partition coefficient (Wildman–Crippen LogP) is 5.21. The molecule has 1 aliphatic carbocycles. The molecule has 3 heterocycles. The summed E-state index contributed by atoms with van der Waals surface area (Å²) in [6.07, 6.45) is 11.7. The molecule has 3 aromatic rings. The van der Waals surface area contributed by atoms with E-state index in [-0.39, 0.29) is 58.0 Å².